The van der Waals surface area contributed by atoms with Crippen LogP contribution < -0.4 is 15.1 Å². The number of anilines is 2. The Balaban J connectivity index is 1.30. The number of thiophene rings is 1. The van der Waals surface area contributed by atoms with Gasteiger partial charge in [0.15, 0.2) is 0 Å². The van der Waals surface area contributed by atoms with Crippen LogP contribution in [0, 0.1) is 5.41 Å². The van der Waals surface area contributed by atoms with Gasteiger partial charge in [0.05, 0.1) is 0 Å². The predicted molar refractivity (Wildman–Crippen MR) is 100 cm³/mol. The summed E-state index contributed by atoms with van der Waals surface area (Å²) >= 11 is 1.86. The third-order valence-corrected chi connectivity index (χ3v) is 7.10. The van der Waals surface area contributed by atoms with E-state index in [1.165, 1.54) is 42.8 Å². The molecule has 0 unspecified atom stereocenters. The lowest BCUT2D eigenvalue weighted by atomic mass is 9.78. The fourth-order valence-electron chi connectivity index (χ4n) is 4.41. The standard InChI is InChI=1S/C18H24N6S/c1-7-24(11-14-2-10-25-15(1)14)17-21-13-20-16(22-17)23-8-4-18(5-9-23)3-6-19-12-18/h2,10,13,19H,1,3-9,11-12H2. The molecule has 2 fully saturated rings. The maximum Gasteiger partial charge on any atom is 0.230 e. The van der Waals surface area contributed by atoms with Gasteiger partial charge >= 0.3 is 0 Å². The van der Waals surface area contributed by atoms with Gasteiger partial charge in [-0.2, -0.15) is 4.98 Å². The van der Waals surface area contributed by atoms with Gasteiger partial charge in [-0.05, 0) is 54.7 Å². The van der Waals surface area contributed by atoms with Crippen LogP contribution in [0.25, 0.3) is 0 Å². The van der Waals surface area contributed by atoms with Gasteiger partial charge in [0, 0.05) is 37.6 Å². The highest BCUT2D eigenvalue weighted by Gasteiger charge is 2.37. The largest absolute Gasteiger partial charge is 0.341 e. The van der Waals surface area contributed by atoms with Gasteiger partial charge in [-0.25, -0.2) is 9.97 Å². The van der Waals surface area contributed by atoms with Crippen molar-refractivity contribution in [3.8, 4) is 0 Å². The average molecular weight is 356 g/mol. The molecule has 3 aliphatic rings. The highest BCUT2D eigenvalue weighted by Crippen LogP contribution is 2.37. The zero-order chi connectivity index (χ0) is 16.7. The first-order chi connectivity index (χ1) is 12.3. The summed E-state index contributed by atoms with van der Waals surface area (Å²) in [6.07, 6.45) is 6.57. The van der Waals surface area contributed by atoms with Crippen molar-refractivity contribution in [3.05, 3.63) is 28.2 Å². The molecule has 3 aliphatic heterocycles. The topological polar surface area (TPSA) is 57.2 Å². The van der Waals surface area contributed by atoms with Crippen LogP contribution in [0.1, 0.15) is 29.7 Å². The van der Waals surface area contributed by atoms with E-state index in [4.69, 9.17) is 4.98 Å². The van der Waals surface area contributed by atoms with Crippen LogP contribution in [0.4, 0.5) is 11.9 Å². The maximum absolute atomic E-state index is 4.81. The number of rotatable bonds is 2. The smallest absolute Gasteiger partial charge is 0.230 e. The molecule has 2 saturated heterocycles. The van der Waals surface area contributed by atoms with Crippen LogP contribution in [-0.2, 0) is 13.0 Å². The summed E-state index contributed by atoms with van der Waals surface area (Å²) in [4.78, 5) is 19.9. The zero-order valence-corrected chi connectivity index (χ0v) is 15.3. The Labute approximate surface area is 152 Å². The van der Waals surface area contributed by atoms with Crippen molar-refractivity contribution in [3.63, 3.8) is 0 Å². The molecular weight excluding hydrogens is 332 g/mol. The normalized spacial score (nSPS) is 22.4. The number of nitrogens with zero attached hydrogens (tertiary/aromatic N) is 5. The molecule has 0 atom stereocenters. The Bertz CT molecular complexity index is 744. The first-order valence-corrected chi connectivity index (χ1v) is 10.1. The summed E-state index contributed by atoms with van der Waals surface area (Å²) in [6, 6.07) is 2.23. The fourth-order valence-corrected chi connectivity index (χ4v) is 5.30. The molecule has 6 nitrogen and oxygen atoms in total. The second kappa shape index (κ2) is 6.21. The molecule has 0 bridgehead atoms. The molecule has 1 N–H and O–H groups in total. The summed E-state index contributed by atoms with van der Waals surface area (Å²) in [5, 5.41) is 5.72. The monoisotopic (exact) mass is 356 g/mol. The summed E-state index contributed by atoms with van der Waals surface area (Å²) < 4.78 is 0. The summed E-state index contributed by atoms with van der Waals surface area (Å²) in [7, 11) is 0. The van der Waals surface area contributed by atoms with Crippen LogP contribution in [0.2, 0.25) is 0 Å². The second-order valence-corrected chi connectivity index (χ2v) is 8.54. The molecule has 0 radical (unpaired) electrons. The molecule has 0 amide bonds. The SMILES string of the molecule is c1nc(N2CCC3(CCNC3)CC2)nc(N2CCc3sccc3C2)n1. The van der Waals surface area contributed by atoms with Crippen LogP contribution in [-0.4, -0.2) is 47.7 Å². The molecule has 0 aliphatic carbocycles. The van der Waals surface area contributed by atoms with Crippen molar-refractivity contribution in [1.29, 1.82) is 0 Å². The van der Waals surface area contributed by atoms with Crippen LogP contribution >= 0.6 is 11.3 Å². The van der Waals surface area contributed by atoms with E-state index in [0.29, 0.717) is 5.41 Å². The van der Waals surface area contributed by atoms with Gasteiger partial charge in [0.1, 0.15) is 6.33 Å². The van der Waals surface area contributed by atoms with Gasteiger partial charge < -0.3 is 15.1 Å². The molecule has 5 heterocycles. The zero-order valence-electron chi connectivity index (χ0n) is 14.4. The maximum atomic E-state index is 4.81. The number of piperidine rings is 1. The van der Waals surface area contributed by atoms with Crippen molar-refractivity contribution in [2.45, 2.75) is 32.2 Å². The molecule has 1 spiro atoms. The highest BCUT2D eigenvalue weighted by molar-refractivity contribution is 7.10. The Kier molecular flexibility index (Phi) is 3.86. The Morgan fingerprint density at radius 3 is 2.68 bits per heavy atom. The van der Waals surface area contributed by atoms with Gasteiger partial charge in [0.2, 0.25) is 11.9 Å². The van der Waals surface area contributed by atoms with Gasteiger partial charge in [0.25, 0.3) is 0 Å². The third kappa shape index (κ3) is 2.89. The Hall–Kier alpha value is -1.73. The molecule has 5 rings (SSSR count). The van der Waals surface area contributed by atoms with E-state index < -0.39 is 0 Å². The van der Waals surface area contributed by atoms with Gasteiger partial charge in [-0.3, -0.25) is 0 Å². The van der Waals surface area contributed by atoms with E-state index in [0.717, 1.165) is 44.5 Å². The van der Waals surface area contributed by atoms with Gasteiger partial charge in [-0.15, -0.1) is 11.3 Å². The van der Waals surface area contributed by atoms with E-state index in [-0.39, 0.29) is 0 Å². The van der Waals surface area contributed by atoms with Crippen molar-refractivity contribution >= 4 is 23.2 Å². The van der Waals surface area contributed by atoms with E-state index >= 15 is 0 Å². The van der Waals surface area contributed by atoms with Crippen molar-refractivity contribution < 1.29 is 0 Å². The lowest BCUT2D eigenvalue weighted by Crippen LogP contribution is -2.42. The van der Waals surface area contributed by atoms with E-state index in [2.05, 4.69) is 36.5 Å². The first-order valence-electron chi connectivity index (χ1n) is 9.26. The molecule has 0 aromatic carbocycles. The average Bonchev–Trinajstić information content (AvgIpc) is 3.31. The molecule has 2 aromatic rings. The molecule has 132 valence electrons. The molecule has 2 aromatic heterocycles. The lowest BCUT2D eigenvalue weighted by molar-refractivity contribution is 0.246. The minimum absolute atomic E-state index is 0.522. The Morgan fingerprint density at radius 1 is 1.04 bits per heavy atom. The predicted octanol–water partition coefficient (Wildman–Crippen LogP) is 2.08. The van der Waals surface area contributed by atoms with Crippen molar-refractivity contribution in [2.75, 3.05) is 42.5 Å². The number of hydrogen-bond donors (Lipinski definition) is 1. The van der Waals surface area contributed by atoms with E-state index in [1.54, 1.807) is 6.33 Å². The van der Waals surface area contributed by atoms with Gasteiger partial charge in [-0.1, -0.05) is 0 Å². The summed E-state index contributed by atoms with van der Waals surface area (Å²) in [5.74, 6) is 1.67. The van der Waals surface area contributed by atoms with E-state index in [1.807, 2.05) is 11.3 Å². The summed E-state index contributed by atoms with van der Waals surface area (Å²) in [5.41, 5.74) is 1.95. The quantitative estimate of drug-likeness (QED) is 0.889. The number of hydrogen-bond acceptors (Lipinski definition) is 7. The van der Waals surface area contributed by atoms with E-state index in [9.17, 15) is 0 Å². The number of aromatic nitrogens is 3. The molecule has 25 heavy (non-hydrogen) atoms. The third-order valence-electron chi connectivity index (χ3n) is 6.08. The number of nitrogens with one attached hydrogen (secondary N) is 1. The lowest BCUT2D eigenvalue weighted by Gasteiger charge is -2.39. The van der Waals surface area contributed by atoms with Crippen molar-refractivity contribution in [1.82, 2.24) is 20.3 Å². The minimum Gasteiger partial charge on any atom is -0.341 e. The molecule has 0 saturated carbocycles. The minimum atomic E-state index is 0.522. The number of fused-ring (bicyclic) bond motifs is 1. The van der Waals surface area contributed by atoms with Crippen molar-refractivity contribution in [2.24, 2.45) is 5.41 Å². The van der Waals surface area contributed by atoms with Crippen LogP contribution in [0.5, 0.6) is 0 Å². The highest BCUT2D eigenvalue weighted by atomic mass is 32.1. The summed E-state index contributed by atoms with van der Waals surface area (Å²) in [6.45, 7) is 6.37. The second-order valence-electron chi connectivity index (χ2n) is 7.54. The first kappa shape index (κ1) is 15.5. The molecular formula is C18H24N6S. The van der Waals surface area contributed by atoms with Crippen LogP contribution in [0.15, 0.2) is 17.8 Å². The Morgan fingerprint density at radius 2 is 1.88 bits per heavy atom. The molecule has 7 heteroatoms. The van der Waals surface area contributed by atoms with Crippen LogP contribution in [0.3, 0.4) is 0 Å². The fraction of sp³-hybridized carbons (Fsp3) is 0.611.